The second-order valence-electron chi connectivity index (χ2n) is 5.60. The van der Waals surface area contributed by atoms with Gasteiger partial charge in [-0.1, -0.05) is 24.3 Å². The molecule has 3 heteroatoms. The van der Waals surface area contributed by atoms with E-state index in [0.29, 0.717) is 6.61 Å². The predicted molar refractivity (Wildman–Crippen MR) is 72.9 cm³/mol. The molecule has 0 spiro atoms. The molecule has 4 rings (SSSR count). The van der Waals surface area contributed by atoms with Crippen LogP contribution in [-0.4, -0.2) is 23.6 Å². The summed E-state index contributed by atoms with van der Waals surface area (Å²) in [6, 6.07) is 12.3. The third kappa shape index (κ3) is 1.23. The number of rotatable bonds is 0. The number of carbonyl (C=O) groups is 1. The number of fused-ring (bicyclic) bond motifs is 4. The van der Waals surface area contributed by atoms with Crippen LogP contribution in [0.5, 0.6) is 0 Å². The Bertz CT molecular complexity index is 709. The molecular formula is C16H15NO2. The molecule has 0 radical (unpaired) electrons. The van der Waals surface area contributed by atoms with E-state index < -0.39 is 0 Å². The predicted octanol–water partition coefficient (Wildman–Crippen LogP) is 2.89. The van der Waals surface area contributed by atoms with Gasteiger partial charge in [-0.15, -0.1) is 0 Å². The van der Waals surface area contributed by atoms with Crippen molar-refractivity contribution in [2.75, 3.05) is 6.61 Å². The molecule has 0 unspecified atom stereocenters. The van der Waals surface area contributed by atoms with E-state index in [2.05, 4.69) is 25.1 Å². The van der Waals surface area contributed by atoms with Crippen molar-refractivity contribution in [3.63, 3.8) is 0 Å². The molecule has 19 heavy (non-hydrogen) atoms. The summed E-state index contributed by atoms with van der Waals surface area (Å²) < 4.78 is 5.67. The van der Waals surface area contributed by atoms with Crippen LogP contribution in [0.15, 0.2) is 36.4 Å². The SMILES string of the molecule is C[C@@H]1OC[C@@]2(C)c3cc4ccccc4cc3C(=O)N12. The lowest BCUT2D eigenvalue weighted by Gasteiger charge is -2.28. The van der Waals surface area contributed by atoms with Gasteiger partial charge < -0.3 is 9.64 Å². The molecule has 1 saturated heterocycles. The highest BCUT2D eigenvalue weighted by Crippen LogP contribution is 2.45. The molecule has 96 valence electrons. The minimum absolute atomic E-state index is 0.0910. The summed E-state index contributed by atoms with van der Waals surface area (Å²) in [5.41, 5.74) is 1.62. The van der Waals surface area contributed by atoms with E-state index in [0.717, 1.165) is 16.5 Å². The van der Waals surface area contributed by atoms with Gasteiger partial charge in [-0.2, -0.15) is 0 Å². The van der Waals surface area contributed by atoms with Gasteiger partial charge in [0, 0.05) is 5.56 Å². The first-order chi connectivity index (χ1) is 9.11. The van der Waals surface area contributed by atoms with Gasteiger partial charge >= 0.3 is 0 Å². The number of carbonyl (C=O) groups excluding carboxylic acids is 1. The second-order valence-corrected chi connectivity index (χ2v) is 5.60. The first-order valence-electron chi connectivity index (χ1n) is 6.60. The maximum absolute atomic E-state index is 12.6. The summed E-state index contributed by atoms with van der Waals surface area (Å²) in [7, 11) is 0. The molecule has 2 aliphatic rings. The Labute approximate surface area is 111 Å². The fourth-order valence-corrected chi connectivity index (χ4v) is 3.42. The van der Waals surface area contributed by atoms with Crippen LogP contribution in [-0.2, 0) is 10.3 Å². The summed E-state index contributed by atoms with van der Waals surface area (Å²) in [5, 5.41) is 2.30. The summed E-state index contributed by atoms with van der Waals surface area (Å²) >= 11 is 0. The van der Waals surface area contributed by atoms with Gasteiger partial charge in [-0.05, 0) is 42.3 Å². The molecule has 3 nitrogen and oxygen atoms in total. The van der Waals surface area contributed by atoms with Crippen LogP contribution in [0.4, 0.5) is 0 Å². The minimum Gasteiger partial charge on any atom is -0.356 e. The Morgan fingerprint density at radius 1 is 1.26 bits per heavy atom. The first kappa shape index (κ1) is 11.0. The number of hydrogen-bond acceptors (Lipinski definition) is 2. The zero-order chi connectivity index (χ0) is 13.2. The van der Waals surface area contributed by atoms with E-state index in [1.165, 1.54) is 5.39 Å². The van der Waals surface area contributed by atoms with E-state index in [-0.39, 0.29) is 17.7 Å². The molecule has 1 amide bonds. The lowest BCUT2D eigenvalue weighted by Crippen LogP contribution is -2.40. The van der Waals surface area contributed by atoms with Gasteiger partial charge in [-0.25, -0.2) is 0 Å². The van der Waals surface area contributed by atoms with Gasteiger partial charge in [-0.3, -0.25) is 4.79 Å². The molecule has 2 aliphatic heterocycles. The standard InChI is InChI=1S/C16H15NO2/c1-10-17-15(18)13-7-11-5-3-4-6-12(11)8-14(13)16(17,2)9-19-10/h3-8,10H,9H2,1-2H3/t10-,16-/m0/s1. The van der Waals surface area contributed by atoms with E-state index >= 15 is 0 Å². The van der Waals surface area contributed by atoms with Crippen molar-refractivity contribution in [1.29, 1.82) is 0 Å². The van der Waals surface area contributed by atoms with Gasteiger partial charge in [0.25, 0.3) is 5.91 Å². The number of ether oxygens (including phenoxy) is 1. The quantitative estimate of drug-likeness (QED) is 0.722. The van der Waals surface area contributed by atoms with E-state index in [1.54, 1.807) is 0 Å². The number of hydrogen-bond donors (Lipinski definition) is 0. The maximum Gasteiger partial charge on any atom is 0.257 e. The van der Waals surface area contributed by atoms with Crippen LogP contribution in [0.2, 0.25) is 0 Å². The normalized spacial score (nSPS) is 28.8. The summed E-state index contributed by atoms with van der Waals surface area (Å²) in [6.07, 6.45) is -0.145. The van der Waals surface area contributed by atoms with Gasteiger partial charge in [0.15, 0.2) is 0 Å². The molecule has 2 aromatic carbocycles. The Morgan fingerprint density at radius 2 is 1.95 bits per heavy atom. The van der Waals surface area contributed by atoms with Crippen molar-refractivity contribution >= 4 is 16.7 Å². The fourth-order valence-electron chi connectivity index (χ4n) is 3.42. The lowest BCUT2D eigenvalue weighted by atomic mass is 9.91. The average molecular weight is 253 g/mol. The van der Waals surface area contributed by atoms with Crippen LogP contribution in [0.25, 0.3) is 10.8 Å². The maximum atomic E-state index is 12.6. The van der Waals surface area contributed by atoms with Crippen LogP contribution in [0, 0.1) is 0 Å². The Morgan fingerprint density at radius 3 is 2.68 bits per heavy atom. The van der Waals surface area contributed by atoms with E-state index in [4.69, 9.17) is 4.74 Å². The van der Waals surface area contributed by atoms with Gasteiger partial charge in [0.05, 0.1) is 12.1 Å². The van der Waals surface area contributed by atoms with Crippen LogP contribution >= 0.6 is 0 Å². The van der Waals surface area contributed by atoms with Crippen LogP contribution < -0.4 is 0 Å². The summed E-state index contributed by atoms with van der Waals surface area (Å²) in [6.45, 7) is 4.61. The van der Waals surface area contributed by atoms with Crippen molar-refractivity contribution in [1.82, 2.24) is 4.90 Å². The van der Waals surface area contributed by atoms with Gasteiger partial charge in [0.2, 0.25) is 0 Å². The average Bonchev–Trinajstić information content (AvgIpc) is 2.83. The molecular weight excluding hydrogens is 238 g/mol. The third-order valence-corrected chi connectivity index (χ3v) is 4.42. The van der Waals surface area contributed by atoms with Gasteiger partial charge in [0.1, 0.15) is 6.23 Å². The molecule has 0 aliphatic carbocycles. The van der Waals surface area contributed by atoms with Crippen molar-refractivity contribution in [2.45, 2.75) is 25.6 Å². The molecule has 0 N–H and O–H groups in total. The lowest BCUT2D eigenvalue weighted by molar-refractivity contribution is 0.0333. The highest BCUT2D eigenvalue weighted by atomic mass is 16.5. The summed E-state index contributed by atoms with van der Waals surface area (Å²) in [4.78, 5) is 14.5. The Balaban J connectivity index is 2.03. The smallest absolute Gasteiger partial charge is 0.257 e. The second kappa shape index (κ2) is 3.36. The van der Waals surface area contributed by atoms with Crippen molar-refractivity contribution in [2.24, 2.45) is 0 Å². The largest absolute Gasteiger partial charge is 0.356 e. The molecule has 2 aromatic rings. The number of nitrogens with zero attached hydrogens (tertiary/aromatic N) is 1. The fraction of sp³-hybridized carbons (Fsp3) is 0.312. The highest BCUT2D eigenvalue weighted by Gasteiger charge is 2.53. The Hall–Kier alpha value is -1.87. The van der Waals surface area contributed by atoms with Crippen molar-refractivity contribution in [3.8, 4) is 0 Å². The molecule has 0 saturated carbocycles. The number of amides is 1. The zero-order valence-electron chi connectivity index (χ0n) is 11.0. The minimum atomic E-state index is -0.310. The van der Waals surface area contributed by atoms with Crippen molar-refractivity contribution < 1.29 is 9.53 Å². The van der Waals surface area contributed by atoms with Crippen molar-refractivity contribution in [3.05, 3.63) is 47.5 Å². The molecule has 2 heterocycles. The molecule has 0 bridgehead atoms. The van der Waals surface area contributed by atoms with E-state index in [9.17, 15) is 4.79 Å². The topological polar surface area (TPSA) is 29.5 Å². The van der Waals surface area contributed by atoms with E-state index in [1.807, 2.05) is 30.0 Å². The van der Waals surface area contributed by atoms with Crippen LogP contribution in [0.3, 0.4) is 0 Å². The first-order valence-corrected chi connectivity index (χ1v) is 6.60. The molecule has 1 fully saturated rings. The van der Waals surface area contributed by atoms with Crippen LogP contribution in [0.1, 0.15) is 29.8 Å². The zero-order valence-corrected chi connectivity index (χ0v) is 11.0. The third-order valence-electron chi connectivity index (χ3n) is 4.42. The summed E-state index contributed by atoms with van der Waals surface area (Å²) in [5.74, 6) is 0.0910. The highest BCUT2D eigenvalue weighted by molar-refractivity contribution is 6.04. The monoisotopic (exact) mass is 253 g/mol. The number of benzene rings is 2. The molecule has 2 atom stereocenters. The Kier molecular flexibility index (Phi) is 1.95. The molecule has 0 aromatic heterocycles.